The van der Waals surface area contributed by atoms with Crippen LogP contribution in [0.1, 0.15) is 11.4 Å². The Morgan fingerprint density at radius 1 is 0.900 bits per heavy atom. The molecule has 1 aliphatic heterocycles. The highest BCUT2D eigenvalue weighted by Crippen LogP contribution is 2.24. The van der Waals surface area contributed by atoms with Crippen molar-refractivity contribution in [1.82, 2.24) is 19.3 Å². The first-order valence-corrected chi connectivity index (χ1v) is 13.5. The summed E-state index contributed by atoms with van der Waals surface area (Å²) in [7, 11) is 0. The molecule has 10 heteroatoms. The van der Waals surface area contributed by atoms with E-state index in [9.17, 15) is 14.4 Å². The summed E-state index contributed by atoms with van der Waals surface area (Å²) in [6, 6.07) is 27.0. The molecule has 0 radical (unpaired) electrons. The van der Waals surface area contributed by atoms with E-state index in [1.54, 1.807) is 18.2 Å². The van der Waals surface area contributed by atoms with Gasteiger partial charge in [-0.25, -0.2) is 4.39 Å². The van der Waals surface area contributed by atoms with Crippen molar-refractivity contribution in [2.45, 2.75) is 0 Å². The number of rotatable bonds is 5. The van der Waals surface area contributed by atoms with Gasteiger partial charge >= 0.3 is 0 Å². The number of thiazole rings is 1. The van der Waals surface area contributed by atoms with Crippen LogP contribution in [-0.2, 0) is 4.74 Å². The van der Waals surface area contributed by atoms with Crippen LogP contribution in [0.15, 0.2) is 89.7 Å². The quantitative estimate of drug-likeness (QED) is 0.334. The first kappa shape index (κ1) is 25.4. The molecular weight excluding hydrogens is 527 g/mol. The van der Waals surface area contributed by atoms with Crippen LogP contribution in [0.3, 0.4) is 0 Å². The second-order valence-corrected chi connectivity index (χ2v) is 10.1. The van der Waals surface area contributed by atoms with Crippen molar-refractivity contribution in [2.75, 3.05) is 31.2 Å². The standard InChI is InChI=1S/C30H23FN6O2S/c31-22-13-11-21(12-14-22)19-26-28(38)37(24-9-5-2-6-10-24)29(40-26)25(20-32)27-33-34-30(35-15-17-39-18-16-35)36(27)23-7-3-1-4-8-23/h1-14,19H,15-18H2/b26-19+,29-25+. The average molecular weight is 551 g/mol. The van der Waals surface area contributed by atoms with E-state index in [-0.39, 0.29) is 16.9 Å². The maximum Gasteiger partial charge on any atom is 0.273 e. The molecule has 0 amide bonds. The van der Waals surface area contributed by atoms with E-state index in [0.29, 0.717) is 58.5 Å². The molecule has 8 nitrogen and oxygen atoms in total. The number of morpholine rings is 1. The Labute approximate surface area is 232 Å². The number of hydrogen-bond acceptors (Lipinski definition) is 7. The molecule has 1 aliphatic rings. The van der Waals surface area contributed by atoms with Crippen LogP contribution in [0.5, 0.6) is 0 Å². The van der Waals surface area contributed by atoms with Gasteiger partial charge in [-0.1, -0.05) is 48.5 Å². The fourth-order valence-corrected chi connectivity index (χ4v) is 5.69. The third kappa shape index (κ3) is 4.84. The van der Waals surface area contributed by atoms with Gasteiger partial charge in [0.05, 0.1) is 29.1 Å². The lowest BCUT2D eigenvalue weighted by Gasteiger charge is -2.28. The van der Waals surface area contributed by atoms with E-state index < -0.39 is 0 Å². The van der Waals surface area contributed by atoms with E-state index in [1.165, 1.54) is 28.0 Å². The van der Waals surface area contributed by atoms with Crippen molar-refractivity contribution in [3.05, 3.63) is 122 Å². The summed E-state index contributed by atoms with van der Waals surface area (Å²) >= 11 is 1.18. The lowest BCUT2D eigenvalue weighted by atomic mass is 10.2. The van der Waals surface area contributed by atoms with Gasteiger partial charge in [0.15, 0.2) is 5.82 Å². The minimum atomic E-state index is -0.359. The van der Waals surface area contributed by atoms with Crippen LogP contribution in [0.4, 0.5) is 10.3 Å². The largest absolute Gasteiger partial charge is 0.378 e. The normalized spacial score (nSPS) is 14.7. The molecule has 0 saturated carbocycles. The summed E-state index contributed by atoms with van der Waals surface area (Å²) in [6.07, 6.45) is 1.70. The number of benzene rings is 3. The number of aromatic nitrogens is 4. The van der Waals surface area contributed by atoms with Gasteiger partial charge < -0.3 is 9.64 Å². The first-order chi connectivity index (χ1) is 19.6. The van der Waals surface area contributed by atoms with Crippen LogP contribution in [0.25, 0.3) is 23.0 Å². The fourth-order valence-electron chi connectivity index (χ4n) is 4.59. The minimum absolute atomic E-state index is 0.209. The molecule has 1 saturated heterocycles. The molecule has 0 unspecified atom stereocenters. The highest BCUT2D eigenvalue weighted by molar-refractivity contribution is 7.07. The Kier molecular flexibility index (Phi) is 7.06. The smallest absolute Gasteiger partial charge is 0.273 e. The van der Waals surface area contributed by atoms with Gasteiger partial charge in [0.25, 0.3) is 5.56 Å². The number of halogens is 1. The Hall–Kier alpha value is -4.85. The van der Waals surface area contributed by atoms with Gasteiger partial charge in [-0.2, -0.15) is 5.26 Å². The van der Waals surface area contributed by atoms with Gasteiger partial charge in [-0.15, -0.1) is 21.5 Å². The number of nitriles is 1. The fraction of sp³-hybridized carbons (Fsp3) is 0.133. The van der Waals surface area contributed by atoms with E-state index in [2.05, 4.69) is 21.2 Å². The third-order valence-corrected chi connectivity index (χ3v) is 7.60. The molecule has 1 fully saturated rings. The Bertz CT molecular complexity index is 1870. The molecule has 198 valence electrons. The SMILES string of the molecule is N#C/C(c1nnc(N2CCOCC2)n1-c1ccccc1)=c1\s/c(=C/c2ccc(F)cc2)c(=O)n1-c1ccccc1. The Morgan fingerprint density at radius 3 is 2.15 bits per heavy atom. The van der Waals surface area contributed by atoms with Crippen molar-refractivity contribution >= 4 is 28.9 Å². The second-order valence-electron chi connectivity index (χ2n) is 9.02. The zero-order chi connectivity index (χ0) is 27.5. The van der Waals surface area contributed by atoms with Crippen LogP contribution in [0, 0.1) is 17.1 Å². The lowest BCUT2D eigenvalue weighted by molar-refractivity contribution is 0.122. The molecule has 6 rings (SSSR count). The summed E-state index contributed by atoms with van der Waals surface area (Å²) < 4.78 is 23.2. The van der Waals surface area contributed by atoms with E-state index in [4.69, 9.17) is 4.74 Å². The summed E-state index contributed by atoms with van der Waals surface area (Å²) in [5.74, 6) is 0.567. The molecule has 0 atom stereocenters. The molecule has 5 aromatic rings. The van der Waals surface area contributed by atoms with Gasteiger partial charge in [0.2, 0.25) is 5.95 Å². The maximum absolute atomic E-state index is 13.8. The molecule has 3 aromatic carbocycles. The molecule has 0 bridgehead atoms. The van der Waals surface area contributed by atoms with Gasteiger partial charge in [-0.05, 0) is 48.0 Å². The van der Waals surface area contributed by atoms with E-state index >= 15 is 0 Å². The number of anilines is 1. The van der Waals surface area contributed by atoms with Crippen molar-refractivity contribution in [3.63, 3.8) is 0 Å². The molecule has 2 aromatic heterocycles. The Morgan fingerprint density at radius 2 is 1.52 bits per heavy atom. The second kappa shape index (κ2) is 11.1. The van der Waals surface area contributed by atoms with Gasteiger partial charge in [0.1, 0.15) is 22.1 Å². The number of nitrogens with zero attached hydrogens (tertiary/aromatic N) is 6. The summed E-state index contributed by atoms with van der Waals surface area (Å²) in [5.41, 5.74) is 2.00. The first-order valence-electron chi connectivity index (χ1n) is 12.7. The highest BCUT2D eigenvalue weighted by Gasteiger charge is 2.25. The molecule has 0 spiro atoms. The zero-order valence-electron chi connectivity index (χ0n) is 21.3. The average Bonchev–Trinajstić information content (AvgIpc) is 3.58. The summed E-state index contributed by atoms with van der Waals surface area (Å²) in [6.45, 7) is 2.40. The third-order valence-electron chi connectivity index (χ3n) is 6.51. The number of hydrogen-bond donors (Lipinski definition) is 0. The van der Waals surface area contributed by atoms with E-state index in [1.807, 2.05) is 65.2 Å². The van der Waals surface area contributed by atoms with Crippen LogP contribution < -0.4 is 19.7 Å². The zero-order valence-corrected chi connectivity index (χ0v) is 22.1. The maximum atomic E-state index is 13.8. The van der Waals surface area contributed by atoms with Crippen molar-refractivity contribution < 1.29 is 9.13 Å². The molecule has 0 aliphatic carbocycles. The van der Waals surface area contributed by atoms with Crippen LogP contribution in [0.2, 0.25) is 0 Å². The number of para-hydroxylation sites is 2. The van der Waals surface area contributed by atoms with Crippen molar-refractivity contribution in [1.29, 1.82) is 5.26 Å². The monoisotopic (exact) mass is 550 g/mol. The predicted octanol–water partition coefficient (Wildman–Crippen LogP) is 3.01. The van der Waals surface area contributed by atoms with Gasteiger partial charge in [-0.3, -0.25) is 13.9 Å². The summed E-state index contributed by atoms with van der Waals surface area (Å²) in [5, 5.41) is 19.5. The minimum Gasteiger partial charge on any atom is -0.378 e. The molecule has 40 heavy (non-hydrogen) atoms. The number of ether oxygens (including phenoxy) is 1. The highest BCUT2D eigenvalue weighted by atomic mass is 32.1. The van der Waals surface area contributed by atoms with Crippen LogP contribution in [-0.4, -0.2) is 45.6 Å². The van der Waals surface area contributed by atoms with E-state index in [0.717, 1.165) is 5.69 Å². The van der Waals surface area contributed by atoms with Crippen molar-refractivity contribution in [2.24, 2.45) is 0 Å². The van der Waals surface area contributed by atoms with Crippen LogP contribution >= 0.6 is 11.3 Å². The van der Waals surface area contributed by atoms with Gasteiger partial charge in [0, 0.05) is 13.1 Å². The topological polar surface area (TPSA) is 89.0 Å². The molecular formula is C30H23FN6O2S. The molecule has 3 heterocycles. The Balaban J connectivity index is 1.66. The predicted molar refractivity (Wildman–Crippen MR) is 152 cm³/mol. The summed E-state index contributed by atoms with van der Waals surface area (Å²) in [4.78, 5) is 15.9. The molecule has 0 N–H and O–H groups in total. The van der Waals surface area contributed by atoms with Crippen molar-refractivity contribution in [3.8, 4) is 17.4 Å². The lowest BCUT2D eigenvalue weighted by Crippen LogP contribution is -2.38.